The van der Waals surface area contributed by atoms with Crippen molar-refractivity contribution >= 4 is 26.9 Å². The standard InChI is InChI=1S/C15H11BrO2/c1-17-11-8-5-9-12-13(11)14(16)15(18-12)10-6-3-2-4-7-10/h2-9H,1H3. The van der Waals surface area contributed by atoms with E-state index in [4.69, 9.17) is 9.15 Å². The van der Waals surface area contributed by atoms with Crippen molar-refractivity contribution in [3.05, 3.63) is 53.0 Å². The summed E-state index contributed by atoms with van der Waals surface area (Å²) in [4.78, 5) is 0. The third-order valence-electron chi connectivity index (χ3n) is 2.87. The van der Waals surface area contributed by atoms with Crippen molar-refractivity contribution in [2.24, 2.45) is 0 Å². The van der Waals surface area contributed by atoms with Crippen molar-refractivity contribution in [3.8, 4) is 17.1 Å². The summed E-state index contributed by atoms with van der Waals surface area (Å²) in [5, 5.41) is 0.971. The molecule has 0 unspecified atom stereocenters. The molecule has 0 spiro atoms. The molecule has 0 fully saturated rings. The van der Waals surface area contributed by atoms with Gasteiger partial charge in [0.15, 0.2) is 0 Å². The quantitative estimate of drug-likeness (QED) is 0.674. The first kappa shape index (κ1) is 11.4. The minimum Gasteiger partial charge on any atom is -0.496 e. The molecular weight excluding hydrogens is 292 g/mol. The van der Waals surface area contributed by atoms with Gasteiger partial charge in [0.2, 0.25) is 0 Å². The highest BCUT2D eigenvalue weighted by Crippen LogP contribution is 2.41. The average molecular weight is 303 g/mol. The molecule has 3 heteroatoms. The molecule has 0 aliphatic carbocycles. The van der Waals surface area contributed by atoms with E-state index < -0.39 is 0 Å². The summed E-state index contributed by atoms with van der Waals surface area (Å²) in [5.74, 6) is 1.64. The molecule has 0 saturated heterocycles. The van der Waals surface area contributed by atoms with Crippen LogP contribution in [-0.2, 0) is 0 Å². The van der Waals surface area contributed by atoms with Crippen LogP contribution in [0.15, 0.2) is 57.4 Å². The smallest absolute Gasteiger partial charge is 0.149 e. The molecule has 1 heterocycles. The first-order chi connectivity index (χ1) is 8.81. The van der Waals surface area contributed by atoms with E-state index in [1.807, 2.05) is 48.5 Å². The average Bonchev–Trinajstić information content (AvgIpc) is 2.77. The first-order valence-corrected chi connectivity index (χ1v) is 6.41. The largest absolute Gasteiger partial charge is 0.496 e. The molecule has 0 aliphatic rings. The van der Waals surface area contributed by atoms with Crippen LogP contribution in [0.25, 0.3) is 22.3 Å². The third kappa shape index (κ3) is 1.71. The van der Waals surface area contributed by atoms with Gasteiger partial charge < -0.3 is 9.15 Å². The molecule has 2 aromatic carbocycles. The Morgan fingerprint density at radius 1 is 1.00 bits per heavy atom. The van der Waals surface area contributed by atoms with Crippen molar-refractivity contribution < 1.29 is 9.15 Å². The normalized spacial score (nSPS) is 10.8. The summed E-state index contributed by atoms with van der Waals surface area (Å²) < 4.78 is 12.2. The molecule has 18 heavy (non-hydrogen) atoms. The van der Waals surface area contributed by atoms with Gasteiger partial charge in [-0.2, -0.15) is 0 Å². The fraction of sp³-hybridized carbons (Fsp3) is 0.0667. The lowest BCUT2D eigenvalue weighted by atomic mass is 10.1. The van der Waals surface area contributed by atoms with E-state index in [0.29, 0.717) is 0 Å². The van der Waals surface area contributed by atoms with Crippen molar-refractivity contribution in [1.29, 1.82) is 0 Å². The Bertz CT molecular complexity index is 686. The monoisotopic (exact) mass is 302 g/mol. The van der Waals surface area contributed by atoms with Crippen LogP contribution in [0.1, 0.15) is 0 Å². The number of fused-ring (bicyclic) bond motifs is 1. The van der Waals surface area contributed by atoms with Crippen LogP contribution < -0.4 is 4.74 Å². The molecule has 3 rings (SSSR count). The summed E-state index contributed by atoms with van der Waals surface area (Å²) in [6.07, 6.45) is 0. The minimum atomic E-state index is 0.810. The van der Waals surface area contributed by atoms with Gasteiger partial charge in [0.1, 0.15) is 17.1 Å². The maximum atomic E-state index is 5.90. The summed E-state index contributed by atoms with van der Waals surface area (Å²) >= 11 is 3.61. The molecule has 0 bridgehead atoms. The van der Waals surface area contributed by atoms with Gasteiger partial charge in [0, 0.05) is 5.56 Å². The van der Waals surface area contributed by atoms with E-state index in [9.17, 15) is 0 Å². The Morgan fingerprint density at radius 3 is 2.50 bits per heavy atom. The Kier molecular flexibility index (Phi) is 2.84. The number of hydrogen-bond donors (Lipinski definition) is 0. The zero-order valence-electron chi connectivity index (χ0n) is 9.81. The van der Waals surface area contributed by atoms with Gasteiger partial charge in [0.05, 0.1) is 17.0 Å². The maximum Gasteiger partial charge on any atom is 0.149 e. The van der Waals surface area contributed by atoms with Crippen LogP contribution in [0, 0.1) is 0 Å². The molecule has 0 N–H and O–H groups in total. The zero-order valence-corrected chi connectivity index (χ0v) is 11.4. The van der Waals surface area contributed by atoms with Gasteiger partial charge in [-0.1, -0.05) is 36.4 Å². The van der Waals surface area contributed by atoms with Crippen molar-refractivity contribution in [1.82, 2.24) is 0 Å². The number of ether oxygens (including phenoxy) is 1. The second kappa shape index (κ2) is 4.50. The molecule has 3 aromatic rings. The van der Waals surface area contributed by atoms with Crippen LogP contribution in [0.3, 0.4) is 0 Å². The number of halogens is 1. The highest BCUT2D eigenvalue weighted by molar-refractivity contribution is 9.10. The lowest BCUT2D eigenvalue weighted by molar-refractivity contribution is 0.419. The van der Waals surface area contributed by atoms with Crippen LogP contribution in [0.2, 0.25) is 0 Å². The van der Waals surface area contributed by atoms with Crippen molar-refractivity contribution in [2.45, 2.75) is 0 Å². The maximum absolute atomic E-state index is 5.90. The van der Waals surface area contributed by atoms with E-state index in [-0.39, 0.29) is 0 Å². The highest BCUT2D eigenvalue weighted by atomic mass is 79.9. The lowest BCUT2D eigenvalue weighted by Crippen LogP contribution is -1.82. The molecule has 0 atom stereocenters. The Morgan fingerprint density at radius 2 is 1.78 bits per heavy atom. The predicted molar refractivity (Wildman–Crippen MR) is 75.9 cm³/mol. The number of rotatable bonds is 2. The molecule has 0 radical (unpaired) electrons. The van der Waals surface area contributed by atoms with Gasteiger partial charge in [-0.25, -0.2) is 0 Å². The summed E-state index contributed by atoms with van der Waals surface area (Å²) in [5.41, 5.74) is 1.86. The van der Waals surface area contributed by atoms with E-state index in [0.717, 1.165) is 32.5 Å². The second-order valence-electron chi connectivity index (χ2n) is 3.94. The Hall–Kier alpha value is -1.74. The van der Waals surface area contributed by atoms with Gasteiger partial charge in [0.25, 0.3) is 0 Å². The van der Waals surface area contributed by atoms with Crippen LogP contribution in [-0.4, -0.2) is 7.11 Å². The predicted octanol–water partition coefficient (Wildman–Crippen LogP) is 4.87. The Balaban J connectivity index is 2.30. The minimum absolute atomic E-state index is 0.810. The summed E-state index contributed by atoms with van der Waals surface area (Å²) in [6, 6.07) is 15.8. The van der Waals surface area contributed by atoms with E-state index in [2.05, 4.69) is 15.9 Å². The Labute approximate surface area is 113 Å². The first-order valence-electron chi connectivity index (χ1n) is 5.61. The molecule has 2 nitrogen and oxygen atoms in total. The summed E-state index contributed by atoms with van der Waals surface area (Å²) in [7, 11) is 1.66. The van der Waals surface area contributed by atoms with Crippen molar-refractivity contribution in [3.63, 3.8) is 0 Å². The fourth-order valence-corrected chi connectivity index (χ4v) is 2.73. The van der Waals surface area contributed by atoms with E-state index >= 15 is 0 Å². The van der Waals surface area contributed by atoms with Crippen molar-refractivity contribution in [2.75, 3.05) is 7.11 Å². The van der Waals surface area contributed by atoms with E-state index in [1.165, 1.54) is 0 Å². The third-order valence-corrected chi connectivity index (χ3v) is 3.63. The van der Waals surface area contributed by atoms with Crippen LogP contribution in [0.4, 0.5) is 0 Å². The second-order valence-corrected chi connectivity index (χ2v) is 4.74. The highest BCUT2D eigenvalue weighted by Gasteiger charge is 2.16. The topological polar surface area (TPSA) is 22.4 Å². The van der Waals surface area contributed by atoms with Gasteiger partial charge in [-0.3, -0.25) is 0 Å². The molecule has 0 saturated carbocycles. The SMILES string of the molecule is COc1cccc2oc(-c3ccccc3)c(Br)c12. The number of furan rings is 1. The van der Waals surface area contributed by atoms with Crippen LogP contribution in [0.5, 0.6) is 5.75 Å². The van der Waals surface area contributed by atoms with Gasteiger partial charge >= 0.3 is 0 Å². The molecule has 0 amide bonds. The number of benzene rings is 2. The molecule has 90 valence electrons. The van der Waals surface area contributed by atoms with Gasteiger partial charge in [-0.05, 0) is 28.1 Å². The molecular formula is C15H11BrO2. The lowest BCUT2D eigenvalue weighted by Gasteiger charge is -2.00. The molecule has 1 aromatic heterocycles. The fourth-order valence-electron chi connectivity index (χ4n) is 2.03. The van der Waals surface area contributed by atoms with Gasteiger partial charge in [-0.15, -0.1) is 0 Å². The number of methoxy groups -OCH3 is 1. The zero-order chi connectivity index (χ0) is 12.5. The van der Waals surface area contributed by atoms with Crippen LogP contribution >= 0.6 is 15.9 Å². The number of hydrogen-bond acceptors (Lipinski definition) is 2. The summed E-state index contributed by atoms with van der Waals surface area (Å²) in [6.45, 7) is 0. The van der Waals surface area contributed by atoms with E-state index in [1.54, 1.807) is 7.11 Å². The molecule has 0 aliphatic heterocycles.